The van der Waals surface area contributed by atoms with Crippen molar-refractivity contribution in [3.05, 3.63) is 30.3 Å². The Morgan fingerprint density at radius 3 is 2.31 bits per heavy atom. The predicted octanol–water partition coefficient (Wildman–Crippen LogP) is 3.23. The zero-order valence-electron chi connectivity index (χ0n) is 10.1. The van der Waals surface area contributed by atoms with Crippen LogP contribution >= 0.6 is 0 Å². The summed E-state index contributed by atoms with van der Waals surface area (Å²) in [5.74, 6) is 0.309. The maximum Gasteiger partial charge on any atom is 0.233 e. The molecule has 1 aliphatic carbocycles. The molecule has 86 valence electrons. The average Bonchev–Trinajstić information content (AvgIpc) is 3.12. The number of carbonyl (C=O) groups is 1. The smallest absolute Gasteiger partial charge is 0.233 e. The zero-order valence-corrected chi connectivity index (χ0v) is 10.1. The minimum Gasteiger partial charge on any atom is -0.312 e. The molecule has 2 heteroatoms. The van der Waals surface area contributed by atoms with Gasteiger partial charge in [0.25, 0.3) is 0 Å². The molecule has 0 heterocycles. The minimum atomic E-state index is -0.0359. The van der Waals surface area contributed by atoms with E-state index >= 15 is 0 Å². The standard InChI is InChI=1S/C14H19NO/c1-3-14(10-11-14)13(16)15(4-2)12-8-6-5-7-9-12/h5-9H,3-4,10-11H2,1-2H3. The fraction of sp³-hybridized carbons (Fsp3) is 0.500. The quantitative estimate of drug-likeness (QED) is 0.758. The van der Waals surface area contributed by atoms with Crippen molar-refractivity contribution < 1.29 is 4.79 Å². The topological polar surface area (TPSA) is 20.3 Å². The summed E-state index contributed by atoms with van der Waals surface area (Å²) >= 11 is 0. The number of para-hydroxylation sites is 1. The van der Waals surface area contributed by atoms with E-state index in [1.54, 1.807) is 0 Å². The van der Waals surface area contributed by atoms with Crippen molar-refractivity contribution in [2.75, 3.05) is 11.4 Å². The summed E-state index contributed by atoms with van der Waals surface area (Å²) in [6.45, 7) is 4.91. The summed E-state index contributed by atoms with van der Waals surface area (Å²) in [4.78, 5) is 14.3. The lowest BCUT2D eigenvalue weighted by molar-refractivity contribution is -0.123. The molecular formula is C14H19NO. The fourth-order valence-electron chi connectivity index (χ4n) is 2.21. The van der Waals surface area contributed by atoms with Crippen LogP contribution in [0.5, 0.6) is 0 Å². The third-order valence-electron chi connectivity index (χ3n) is 3.61. The molecule has 0 aromatic heterocycles. The van der Waals surface area contributed by atoms with E-state index in [0.29, 0.717) is 5.91 Å². The van der Waals surface area contributed by atoms with E-state index in [0.717, 1.165) is 31.5 Å². The van der Waals surface area contributed by atoms with Gasteiger partial charge in [0.05, 0.1) is 0 Å². The van der Waals surface area contributed by atoms with Crippen LogP contribution in [0.4, 0.5) is 5.69 Å². The van der Waals surface area contributed by atoms with Crippen molar-refractivity contribution in [2.24, 2.45) is 5.41 Å². The highest BCUT2D eigenvalue weighted by Gasteiger charge is 2.49. The molecule has 1 aliphatic rings. The van der Waals surface area contributed by atoms with Gasteiger partial charge in [-0.3, -0.25) is 4.79 Å². The van der Waals surface area contributed by atoms with Crippen molar-refractivity contribution in [3.63, 3.8) is 0 Å². The van der Waals surface area contributed by atoms with E-state index < -0.39 is 0 Å². The summed E-state index contributed by atoms with van der Waals surface area (Å²) < 4.78 is 0. The van der Waals surface area contributed by atoms with Crippen LogP contribution < -0.4 is 4.90 Å². The van der Waals surface area contributed by atoms with Gasteiger partial charge in [-0.15, -0.1) is 0 Å². The second-order valence-corrected chi connectivity index (χ2v) is 4.52. The van der Waals surface area contributed by atoms with Gasteiger partial charge in [-0.1, -0.05) is 25.1 Å². The molecule has 0 spiro atoms. The van der Waals surface area contributed by atoms with E-state index in [1.807, 2.05) is 42.2 Å². The lowest BCUT2D eigenvalue weighted by Gasteiger charge is -2.25. The molecule has 16 heavy (non-hydrogen) atoms. The highest BCUT2D eigenvalue weighted by Crippen LogP contribution is 2.50. The summed E-state index contributed by atoms with van der Waals surface area (Å²) in [6, 6.07) is 9.96. The van der Waals surface area contributed by atoms with E-state index in [4.69, 9.17) is 0 Å². The Kier molecular flexibility index (Phi) is 2.99. The molecule has 0 N–H and O–H groups in total. The first-order chi connectivity index (χ1) is 7.73. The molecular weight excluding hydrogens is 198 g/mol. The van der Waals surface area contributed by atoms with Gasteiger partial charge >= 0.3 is 0 Å². The number of nitrogens with zero attached hydrogens (tertiary/aromatic N) is 1. The number of hydrogen-bond acceptors (Lipinski definition) is 1. The number of rotatable bonds is 4. The minimum absolute atomic E-state index is 0.0359. The highest BCUT2D eigenvalue weighted by atomic mass is 16.2. The van der Waals surface area contributed by atoms with Crippen LogP contribution in [0.2, 0.25) is 0 Å². The van der Waals surface area contributed by atoms with E-state index in [1.165, 1.54) is 0 Å². The lowest BCUT2D eigenvalue weighted by Crippen LogP contribution is -2.37. The molecule has 1 aromatic carbocycles. The third-order valence-corrected chi connectivity index (χ3v) is 3.61. The predicted molar refractivity (Wildman–Crippen MR) is 66.4 cm³/mol. The summed E-state index contributed by atoms with van der Waals surface area (Å²) in [5, 5.41) is 0. The first kappa shape index (κ1) is 11.2. The van der Waals surface area contributed by atoms with Gasteiger partial charge in [-0.25, -0.2) is 0 Å². The molecule has 2 rings (SSSR count). The zero-order chi connectivity index (χ0) is 11.6. The van der Waals surface area contributed by atoms with Crippen LogP contribution in [0.3, 0.4) is 0 Å². The van der Waals surface area contributed by atoms with Crippen LogP contribution in [0, 0.1) is 5.41 Å². The molecule has 2 nitrogen and oxygen atoms in total. The molecule has 0 unspecified atom stereocenters. The largest absolute Gasteiger partial charge is 0.312 e. The Balaban J connectivity index is 2.21. The Labute approximate surface area is 97.3 Å². The van der Waals surface area contributed by atoms with Gasteiger partial charge in [0, 0.05) is 17.6 Å². The number of amides is 1. The first-order valence-corrected chi connectivity index (χ1v) is 6.10. The molecule has 0 radical (unpaired) electrons. The van der Waals surface area contributed by atoms with Gasteiger partial charge in [-0.05, 0) is 38.3 Å². The van der Waals surface area contributed by atoms with Crippen LogP contribution in [0.15, 0.2) is 30.3 Å². The summed E-state index contributed by atoms with van der Waals surface area (Å²) in [7, 11) is 0. The van der Waals surface area contributed by atoms with Crippen LogP contribution in [0.1, 0.15) is 33.1 Å². The normalized spacial score (nSPS) is 16.9. The molecule has 1 aromatic rings. The Morgan fingerprint density at radius 2 is 1.88 bits per heavy atom. The first-order valence-electron chi connectivity index (χ1n) is 6.10. The maximum absolute atomic E-state index is 12.4. The molecule has 0 saturated heterocycles. The molecule has 1 fully saturated rings. The average molecular weight is 217 g/mol. The van der Waals surface area contributed by atoms with E-state index in [-0.39, 0.29) is 5.41 Å². The SMILES string of the molecule is CCN(C(=O)C1(CC)CC1)c1ccccc1. The van der Waals surface area contributed by atoms with E-state index in [9.17, 15) is 4.79 Å². The Hall–Kier alpha value is -1.31. The molecule has 0 atom stereocenters. The van der Waals surface area contributed by atoms with Gasteiger partial charge in [-0.2, -0.15) is 0 Å². The number of hydrogen-bond donors (Lipinski definition) is 0. The van der Waals surface area contributed by atoms with Crippen molar-refractivity contribution in [1.29, 1.82) is 0 Å². The van der Waals surface area contributed by atoms with Gasteiger partial charge in [0.15, 0.2) is 0 Å². The van der Waals surface area contributed by atoms with Crippen LogP contribution in [-0.4, -0.2) is 12.5 Å². The van der Waals surface area contributed by atoms with Crippen molar-refractivity contribution in [2.45, 2.75) is 33.1 Å². The van der Waals surface area contributed by atoms with Crippen molar-refractivity contribution in [1.82, 2.24) is 0 Å². The monoisotopic (exact) mass is 217 g/mol. The van der Waals surface area contributed by atoms with Gasteiger partial charge in [0.2, 0.25) is 5.91 Å². The van der Waals surface area contributed by atoms with Crippen molar-refractivity contribution in [3.8, 4) is 0 Å². The highest BCUT2D eigenvalue weighted by molar-refractivity contribution is 5.99. The number of carbonyl (C=O) groups excluding carboxylic acids is 1. The lowest BCUT2D eigenvalue weighted by atomic mass is 10.0. The number of benzene rings is 1. The molecule has 1 saturated carbocycles. The van der Waals surface area contributed by atoms with E-state index in [2.05, 4.69) is 6.92 Å². The summed E-state index contributed by atoms with van der Waals surface area (Å²) in [6.07, 6.45) is 3.09. The second kappa shape index (κ2) is 4.28. The van der Waals surface area contributed by atoms with Gasteiger partial charge in [0.1, 0.15) is 0 Å². The second-order valence-electron chi connectivity index (χ2n) is 4.52. The maximum atomic E-state index is 12.4. The Bertz CT molecular complexity index is 368. The van der Waals surface area contributed by atoms with Crippen molar-refractivity contribution >= 4 is 11.6 Å². The number of anilines is 1. The van der Waals surface area contributed by atoms with Crippen LogP contribution in [0.25, 0.3) is 0 Å². The fourth-order valence-corrected chi connectivity index (χ4v) is 2.21. The third kappa shape index (κ3) is 1.84. The van der Waals surface area contributed by atoms with Gasteiger partial charge < -0.3 is 4.90 Å². The summed E-state index contributed by atoms with van der Waals surface area (Å²) in [5.41, 5.74) is 0.987. The molecule has 0 bridgehead atoms. The van der Waals surface area contributed by atoms with Crippen LogP contribution in [-0.2, 0) is 4.79 Å². The molecule has 0 aliphatic heterocycles. The Morgan fingerprint density at radius 1 is 1.25 bits per heavy atom. The molecule has 1 amide bonds.